The maximum atomic E-state index is 9.03. The molecule has 0 spiro atoms. The van der Waals surface area contributed by atoms with Crippen molar-refractivity contribution >= 4 is 11.6 Å². The SMILES string of the molecule is COCC(CCO)Nc1cc(NN)nc(C2CC2)n1. The zero-order valence-electron chi connectivity index (χ0n) is 11.1. The van der Waals surface area contributed by atoms with Crippen LogP contribution in [-0.2, 0) is 4.74 Å². The summed E-state index contributed by atoms with van der Waals surface area (Å²) in [6.45, 7) is 0.609. The van der Waals surface area contributed by atoms with Crippen LogP contribution >= 0.6 is 0 Å². The number of anilines is 2. The van der Waals surface area contributed by atoms with Gasteiger partial charge in [-0.3, -0.25) is 0 Å². The standard InChI is InChI=1S/C12H21N5O2/c1-19-7-9(4-5-18)14-10-6-11(17-13)16-12(15-10)8-2-3-8/h6,8-9,18H,2-5,7,13H2,1H3,(H2,14,15,16,17). The zero-order valence-corrected chi connectivity index (χ0v) is 11.1. The summed E-state index contributed by atoms with van der Waals surface area (Å²) in [4.78, 5) is 8.84. The van der Waals surface area contributed by atoms with E-state index >= 15 is 0 Å². The van der Waals surface area contributed by atoms with Crippen LogP contribution in [0, 0.1) is 0 Å². The maximum Gasteiger partial charge on any atom is 0.145 e. The average molecular weight is 267 g/mol. The molecule has 1 unspecified atom stereocenters. The van der Waals surface area contributed by atoms with Crippen LogP contribution in [0.3, 0.4) is 0 Å². The summed E-state index contributed by atoms with van der Waals surface area (Å²) in [7, 11) is 1.63. The van der Waals surface area contributed by atoms with Crippen LogP contribution in [0.15, 0.2) is 6.07 Å². The van der Waals surface area contributed by atoms with Gasteiger partial charge in [0.05, 0.1) is 12.6 Å². The Labute approximate surface area is 112 Å². The van der Waals surface area contributed by atoms with Crippen LogP contribution in [0.4, 0.5) is 11.6 Å². The number of nitrogens with one attached hydrogen (secondary N) is 2. The Balaban J connectivity index is 2.10. The molecule has 0 amide bonds. The van der Waals surface area contributed by atoms with Crippen LogP contribution in [0.1, 0.15) is 31.0 Å². The van der Waals surface area contributed by atoms with Crippen molar-refractivity contribution in [2.45, 2.75) is 31.2 Å². The van der Waals surface area contributed by atoms with Crippen molar-refractivity contribution in [1.82, 2.24) is 9.97 Å². The molecule has 1 aromatic heterocycles. The number of methoxy groups -OCH3 is 1. The van der Waals surface area contributed by atoms with Crippen molar-refractivity contribution in [3.8, 4) is 0 Å². The Kier molecular flexibility index (Phi) is 4.89. The summed E-state index contributed by atoms with van der Waals surface area (Å²) in [5.74, 6) is 8.00. The second-order valence-corrected chi connectivity index (χ2v) is 4.72. The van der Waals surface area contributed by atoms with Gasteiger partial charge in [0.25, 0.3) is 0 Å². The number of aliphatic hydroxyl groups excluding tert-OH is 1. The van der Waals surface area contributed by atoms with Gasteiger partial charge in [-0.2, -0.15) is 0 Å². The highest BCUT2D eigenvalue weighted by molar-refractivity contribution is 5.48. The number of nitrogen functional groups attached to an aromatic ring is 1. The number of nitrogens with two attached hydrogens (primary N) is 1. The maximum absolute atomic E-state index is 9.03. The molecule has 1 heterocycles. The van der Waals surface area contributed by atoms with Crippen molar-refractivity contribution in [1.29, 1.82) is 0 Å². The number of nitrogens with zero attached hydrogens (tertiary/aromatic N) is 2. The van der Waals surface area contributed by atoms with Crippen LogP contribution in [-0.4, -0.2) is 41.4 Å². The summed E-state index contributed by atoms with van der Waals surface area (Å²) < 4.78 is 5.12. The van der Waals surface area contributed by atoms with Gasteiger partial charge in [0.1, 0.15) is 17.5 Å². The minimum atomic E-state index is 0.0163. The predicted molar refractivity (Wildman–Crippen MR) is 72.8 cm³/mol. The Morgan fingerprint density at radius 3 is 2.79 bits per heavy atom. The first kappa shape index (κ1) is 14.0. The number of aliphatic hydroxyl groups is 1. The lowest BCUT2D eigenvalue weighted by Crippen LogP contribution is -2.27. The highest BCUT2D eigenvalue weighted by Crippen LogP contribution is 2.38. The highest BCUT2D eigenvalue weighted by atomic mass is 16.5. The number of hydrogen-bond donors (Lipinski definition) is 4. The third-order valence-corrected chi connectivity index (χ3v) is 3.03. The van der Waals surface area contributed by atoms with Crippen molar-refractivity contribution in [3.63, 3.8) is 0 Å². The van der Waals surface area contributed by atoms with Gasteiger partial charge in [0, 0.05) is 25.7 Å². The fraction of sp³-hybridized carbons (Fsp3) is 0.667. The summed E-state index contributed by atoms with van der Waals surface area (Å²) >= 11 is 0. The molecule has 7 nitrogen and oxygen atoms in total. The van der Waals surface area contributed by atoms with Gasteiger partial charge in [0.2, 0.25) is 0 Å². The second-order valence-electron chi connectivity index (χ2n) is 4.72. The molecular weight excluding hydrogens is 246 g/mol. The number of ether oxygens (including phenoxy) is 1. The molecule has 1 aromatic rings. The van der Waals surface area contributed by atoms with E-state index in [1.54, 1.807) is 13.2 Å². The molecule has 1 fully saturated rings. The van der Waals surface area contributed by atoms with E-state index in [9.17, 15) is 0 Å². The molecule has 1 aliphatic rings. The molecule has 0 aliphatic heterocycles. The lowest BCUT2D eigenvalue weighted by molar-refractivity contribution is 0.170. The lowest BCUT2D eigenvalue weighted by Gasteiger charge is -2.18. The van der Waals surface area contributed by atoms with Crippen molar-refractivity contribution in [2.24, 2.45) is 5.84 Å². The van der Waals surface area contributed by atoms with E-state index in [1.165, 1.54) is 0 Å². The van der Waals surface area contributed by atoms with Crippen LogP contribution in [0.5, 0.6) is 0 Å². The molecule has 1 saturated carbocycles. The van der Waals surface area contributed by atoms with Gasteiger partial charge in [-0.05, 0) is 19.3 Å². The Bertz CT molecular complexity index is 405. The minimum absolute atomic E-state index is 0.0163. The van der Waals surface area contributed by atoms with E-state index in [4.69, 9.17) is 15.7 Å². The average Bonchev–Trinajstić information content (AvgIpc) is 3.23. The highest BCUT2D eigenvalue weighted by Gasteiger charge is 2.27. The van der Waals surface area contributed by atoms with Gasteiger partial charge < -0.3 is 20.6 Å². The van der Waals surface area contributed by atoms with E-state index in [0.29, 0.717) is 30.6 Å². The zero-order chi connectivity index (χ0) is 13.7. The van der Waals surface area contributed by atoms with Crippen LogP contribution in [0.2, 0.25) is 0 Å². The first-order valence-electron chi connectivity index (χ1n) is 6.48. The van der Waals surface area contributed by atoms with Gasteiger partial charge in [-0.25, -0.2) is 15.8 Å². The quantitative estimate of drug-likeness (QED) is 0.400. The van der Waals surface area contributed by atoms with Crippen LogP contribution < -0.4 is 16.6 Å². The Hall–Kier alpha value is -1.44. The molecule has 7 heteroatoms. The fourth-order valence-electron chi connectivity index (χ4n) is 1.90. The predicted octanol–water partition coefficient (Wildman–Crippen LogP) is 0.449. The number of rotatable bonds is 8. The molecule has 0 aromatic carbocycles. The first-order chi connectivity index (χ1) is 9.26. The molecule has 19 heavy (non-hydrogen) atoms. The van der Waals surface area contributed by atoms with Gasteiger partial charge in [0.15, 0.2) is 0 Å². The fourth-order valence-corrected chi connectivity index (χ4v) is 1.90. The molecule has 0 saturated heterocycles. The molecule has 106 valence electrons. The van der Waals surface area contributed by atoms with Crippen LogP contribution in [0.25, 0.3) is 0 Å². The van der Waals surface area contributed by atoms with E-state index < -0.39 is 0 Å². The first-order valence-corrected chi connectivity index (χ1v) is 6.48. The molecular formula is C12H21N5O2. The largest absolute Gasteiger partial charge is 0.396 e. The molecule has 0 radical (unpaired) electrons. The van der Waals surface area contributed by atoms with Crippen molar-refractivity contribution in [3.05, 3.63) is 11.9 Å². The van der Waals surface area contributed by atoms with E-state index in [-0.39, 0.29) is 12.6 Å². The second kappa shape index (κ2) is 6.65. The molecule has 2 rings (SSSR count). The number of hydrazine groups is 1. The normalized spacial score (nSPS) is 16.2. The Morgan fingerprint density at radius 2 is 2.21 bits per heavy atom. The monoisotopic (exact) mass is 267 g/mol. The Morgan fingerprint density at radius 1 is 1.47 bits per heavy atom. The lowest BCUT2D eigenvalue weighted by atomic mass is 10.2. The number of hydrogen-bond acceptors (Lipinski definition) is 7. The molecule has 0 bridgehead atoms. The molecule has 1 aliphatic carbocycles. The number of aromatic nitrogens is 2. The van der Waals surface area contributed by atoms with Gasteiger partial charge in [-0.1, -0.05) is 0 Å². The van der Waals surface area contributed by atoms with E-state index in [2.05, 4.69) is 20.7 Å². The van der Waals surface area contributed by atoms with E-state index in [1.807, 2.05) is 0 Å². The molecule has 1 atom stereocenters. The third-order valence-electron chi connectivity index (χ3n) is 3.03. The van der Waals surface area contributed by atoms with Gasteiger partial charge in [-0.15, -0.1) is 0 Å². The molecule has 5 N–H and O–H groups in total. The van der Waals surface area contributed by atoms with Crippen molar-refractivity contribution in [2.75, 3.05) is 31.1 Å². The van der Waals surface area contributed by atoms with Gasteiger partial charge >= 0.3 is 0 Å². The smallest absolute Gasteiger partial charge is 0.145 e. The van der Waals surface area contributed by atoms with Crippen molar-refractivity contribution < 1.29 is 9.84 Å². The van der Waals surface area contributed by atoms with E-state index in [0.717, 1.165) is 18.7 Å². The topological polar surface area (TPSA) is 105 Å². The third kappa shape index (κ3) is 4.02. The minimum Gasteiger partial charge on any atom is -0.396 e. The summed E-state index contributed by atoms with van der Waals surface area (Å²) in [6, 6.07) is 1.77. The summed E-state index contributed by atoms with van der Waals surface area (Å²) in [5.41, 5.74) is 2.56. The summed E-state index contributed by atoms with van der Waals surface area (Å²) in [5, 5.41) is 12.3. The summed E-state index contributed by atoms with van der Waals surface area (Å²) in [6.07, 6.45) is 2.86.